The van der Waals surface area contributed by atoms with Crippen LogP contribution < -0.4 is 16.8 Å². The summed E-state index contributed by atoms with van der Waals surface area (Å²) in [6, 6.07) is 3.29. The highest BCUT2D eigenvalue weighted by atomic mass is 32.1. The van der Waals surface area contributed by atoms with Crippen LogP contribution in [0.5, 0.6) is 0 Å². The molecule has 0 aliphatic heterocycles. The first-order chi connectivity index (χ1) is 9.08. The zero-order chi connectivity index (χ0) is 13.8. The van der Waals surface area contributed by atoms with E-state index in [4.69, 9.17) is 11.5 Å². The molecular formula is C12H14N4O2S. The number of amides is 1. The second kappa shape index (κ2) is 5.68. The summed E-state index contributed by atoms with van der Waals surface area (Å²) in [6.07, 6.45) is 0.748. The van der Waals surface area contributed by atoms with Gasteiger partial charge in [0, 0.05) is 6.54 Å². The number of nitrogens with two attached hydrogens (primary N) is 2. The van der Waals surface area contributed by atoms with Crippen LogP contribution in [0.2, 0.25) is 0 Å². The third-order valence-corrected chi connectivity index (χ3v) is 3.27. The van der Waals surface area contributed by atoms with Crippen molar-refractivity contribution in [3.63, 3.8) is 0 Å². The van der Waals surface area contributed by atoms with Gasteiger partial charge in [0.25, 0.3) is 5.91 Å². The Bertz CT molecular complexity index is 571. The summed E-state index contributed by atoms with van der Waals surface area (Å²) in [5.74, 6) is -0.302. The summed E-state index contributed by atoms with van der Waals surface area (Å²) in [6.45, 7) is 0.230. The summed E-state index contributed by atoms with van der Waals surface area (Å²) < 4.78 is 0. The number of rotatable bonds is 5. The van der Waals surface area contributed by atoms with Crippen LogP contribution in [0.25, 0.3) is 0 Å². The van der Waals surface area contributed by atoms with E-state index in [1.807, 2.05) is 16.8 Å². The summed E-state index contributed by atoms with van der Waals surface area (Å²) in [5.41, 5.74) is 12.2. The average Bonchev–Trinajstić information content (AvgIpc) is 2.90. The average molecular weight is 278 g/mol. The second-order valence-corrected chi connectivity index (χ2v) is 4.76. The van der Waals surface area contributed by atoms with E-state index in [1.54, 1.807) is 0 Å². The van der Waals surface area contributed by atoms with E-state index >= 15 is 0 Å². The number of aliphatic hydroxyl groups excluding tert-OH is 1. The van der Waals surface area contributed by atoms with Crippen molar-refractivity contribution in [1.82, 2.24) is 4.98 Å². The van der Waals surface area contributed by atoms with E-state index in [0.29, 0.717) is 11.5 Å². The number of carbonyl (C=O) groups is 1. The summed E-state index contributed by atoms with van der Waals surface area (Å²) >= 11 is 1.51. The van der Waals surface area contributed by atoms with E-state index in [1.165, 1.54) is 23.6 Å². The number of primary amides is 1. The van der Waals surface area contributed by atoms with Crippen molar-refractivity contribution >= 4 is 28.7 Å². The Kier molecular flexibility index (Phi) is 3.98. The molecule has 19 heavy (non-hydrogen) atoms. The molecule has 0 spiro atoms. The molecule has 0 bridgehead atoms. The quantitative estimate of drug-likeness (QED) is 0.650. The zero-order valence-corrected chi connectivity index (χ0v) is 10.9. The van der Waals surface area contributed by atoms with Crippen LogP contribution in [0.3, 0.4) is 0 Å². The smallest absolute Gasteiger partial charge is 0.252 e. The molecule has 0 aliphatic carbocycles. The molecule has 1 unspecified atom stereocenters. The lowest BCUT2D eigenvalue weighted by Crippen LogP contribution is -2.19. The van der Waals surface area contributed by atoms with Crippen molar-refractivity contribution in [2.24, 2.45) is 5.73 Å². The number of thiophene rings is 1. The number of pyridine rings is 1. The summed E-state index contributed by atoms with van der Waals surface area (Å²) in [5, 5.41) is 16.6. The third kappa shape index (κ3) is 3.21. The Morgan fingerprint density at radius 2 is 2.37 bits per heavy atom. The summed E-state index contributed by atoms with van der Waals surface area (Å²) in [4.78, 5) is 15.3. The lowest BCUT2D eigenvalue weighted by atomic mass is 10.2. The molecule has 0 aliphatic rings. The van der Waals surface area contributed by atoms with Gasteiger partial charge in [0.05, 0.1) is 23.6 Å². The molecule has 2 heterocycles. The van der Waals surface area contributed by atoms with E-state index in [9.17, 15) is 9.90 Å². The van der Waals surface area contributed by atoms with Crippen molar-refractivity contribution < 1.29 is 9.90 Å². The first kappa shape index (κ1) is 13.3. The number of hydrogen-bond donors (Lipinski definition) is 4. The highest BCUT2D eigenvalue weighted by Gasteiger charge is 2.13. The lowest BCUT2D eigenvalue weighted by molar-refractivity contribution is 0.100. The number of anilines is 2. The Morgan fingerprint density at radius 3 is 3.00 bits per heavy atom. The van der Waals surface area contributed by atoms with Crippen molar-refractivity contribution in [1.29, 1.82) is 0 Å². The van der Waals surface area contributed by atoms with E-state index in [2.05, 4.69) is 10.3 Å². The van der Waals surface area contributed by atoms with Gasteiger partial charge >= 0.3 is 0 Å². The maximum Gasteiger partial charge on any atom is 0.252 e. The van der Waals surface area contributed by atoms with Crippen LogP contribution >= 0.6 is 11.3 Å². The van der Waals surface area contributed by atoms with Crippen molar-refractivity contribution in [3.8, 4) is 0 Å². The van der Waals surface area contributed by atoms with Gasteiger partial charge in [-0.1, -0.05) is 0 Å². The van der Waals surface area contributed by atoms with Crippen molar-refractivity contribution in [2.75, 3.05) is 17.6 Å². The number of nitrogens with one attached hydrogen (secondary N) is 1. The SMILES string of the molecule is NC(=O)c1cc(N)cnc1NCC(O)c1ccsc1. The molecule has 1 amide bonds. The lowest BCUT2D eigenvalue weighted by Gasteiger charge is -2.13. The standard InChI is InChI=1S/C12H14N4O2S/c13-8-3-9(11(14)18)12(15-4-8)16-5-10(17)7-1-2-19-6-7/h1-4,6,10,17H,5,13H2,(H2,14,18)(H,15,16). The molecule has 0 saturated heterocycles. The maximum atomic E-state index is 11.3. The Hall–Kier alpha value is -2.12. The molecule has 2 aromatic rings. The van der Waals surface area contributed by atoms with Gasteiger partial charge in [0.15, 0.2) is 0 Å². The number of carbonyl (C=O) groups excluding carboxylic acids is 1. The number of aliphatic hydroxyl groups is 1. The second-order valence-electron chi connectivity index (χ2n) is 3.98. The number of hydrogen-bond acceptors (Lipinski definition) is 6. The van der Waals surface area contributed by atoms with Crippen molar-refractivity contribution in [3.05, 3.63) is 40.2 Å². The monoisotopic (exact) mass is 278 g/mol. The predicted octanol–water partition coefficient (Wildman–Crippen LogP) is 0.970. The number of aromatic nitrogens is 1. The van der Waals surface area contributed by atoms with Crippen LogP contribution in [0.1, 0.15) is 22.0 Å². The molecule has 0 fully saturated rings. The minimum atomic E-state index is -0.675. The maximum absolute atomic E-state index is 11.3. The Labute approximate surface area is 114 Å². The molecule has 0 radical (unpaired) electrons. The van der Waals surface area contributed by atoms with E-state index in [-0.39, 0.29) is 12.1 Å². The van der Waals surface area contributed by atoms with Gasteiger partial charge in [-0.05, 0) is 28.5 Å². The molecule has 0 aromatic carbocycles. The van der Waals surface area contributed by atoms with Gasteiger partial charge in [-0.2, -0.15) is 11.3 Å². The largest absolute Gasteiger partial charge is 0.397 e. The fourth-order valence-electron chi connectivity index (χ4n) is 1.59. The topological polar surface area (TPSA) is 114 Å². The normalized spacial score (nSPS) is 12.1. The fourth-order valence-corrected chi connectivity index (χ4v) is 2.29. The summed E-state index contributed by atoms with van der Waals surface area (Å²) in [7, 11) is 0. The first-order valence-electron chi connectivity index (χ1n) is 5.57. The molecule has 2 rings (SSSR count). The van der Waals surface area contributed by atoms with Crippen LogP contribution in [0, 0.1) is 0 Å². The number of nitrogen functional groups attached to an aromatic ring is 1. The molecular weight excluding hydrogens is 264 g/mol. The fraction of sp³-hybridized carbons (Fsp3) is 0.167. The van der Waals surface area contributed by atoms with Gasteiger partial charge in [-0.25, -0.2) is 4.98 Å². The van der Waals surface area contributed by atoms with E-state index < -0.39 is 12.0 Å². The third-order valence-electron chi connectivity index (χ3n) is 2.57. The predicted molar refractivity (Wildman–Crippen MR) is 74.9 cm³/mol. The van der Waals surface area contributed by atoms with Crippen LogP contribution in [-0.2, 0) is 0 Å². The molecule has 0 saturated carbocycles. The van der Waals surface area contributed by atoms with Crippen molar-refractivity contribution in [2.45, 2.75) is 6.10 Å². The van der Waals surface area contributed by atoms with Crippen LogP contribution in [0.15, 0.2) is 29.1 Å². The minimum Gasteiger partial charge on any atom is -0.397 e. The van der Waals surface area contributed by atoms with Gasteiger partial charge in [0.1, 0.15) is 5.82 Å². The first-order valence-corrected chi connectivity index (χ1v) is 6.51. The van der Waals surface area contributed by atoms with Gasteiger partial charge in [-0.15, -0.1) is 0 Å². The van der Waals surface area contributed by atoms with Gasteiger partial charge in [-0.3, -0.25) is 4.79 Å². The zero-order valence-electron chi connectivity index (χ0n) is 10.0. The highest BCUT2D eigenvalue weighted by molar-refractivity contribution is 7.07. The molecule has 7 heteroatoms. The molecule has 100 valence electrons. The van der Waals surface area contributed by atoms with Crippen LogP contribution in [0.4, 0.5) is 11.5 Å². The highest BCUT2D eigenvalue weighted by Crippen LogP contribution is 2.19. The molecule has 6 nitrogen and oxygen atoms in total. The Balaban J connectivity index is 2.09. The van der Waals surface area contributed by atoms with Gasteiger partial charge < -0.3 is 21.9 Å². The molecule has 6 N–H and O–H groups in total. The Morgan fingerprint density at radius 1 is 1.58 bits per heavy atom. The minimum absolute atomic E-state index is 0.206. The molecule has 2 aromatic heterocycles. The van der Waals surface area contributed by atoms with Gasteiger partial charge in [0.2, 0.25) is 0 Å². The number of nitrogens with zero attached hydrogens (tertiary/aromatic N) is 1. The molecule has 1 atom stereocenters. The van der Waals surface area contributed by atoms with Crippen LogP contribution in [-0.4, -0.2) is 22.5 Å². The van der Waals surface area contributed by atoms with E-state index in [0.717, 1.165) is 5.56 Å².